The Balaban J connectivity index is 1.94. The van der Waals surface area contributed by atoms with E-state index in [0.29, 0.717) is 16.9 Å². The Kier molecular flexibility index (Phi) is 4.16. The standard InChI is InChI=1S/C16H11ClN4O3S2/c17-14-15(20-7-8-25-16(20)19-14)26(23,24)21-9-11(5-6-18-10-22)12-3-1-2-4-13(12)21/h1-4,7-9H,5-6H2. The third-order valence-electron chi connectivity index (χ3n) is 4.00. The van der Waals surface area contributed by atoms with E-state index in [9.17, 15) is 13.2 Å². The first-order valence-corrected chi connectivity index (χ1v) is 10.2. The van der Waals surface area contributed by atoms with Crippen molar-refractivity contribution in [3.8, 4) is 0 Å². The number of halogens is 1. The number of hydrogen-bond donors (Lipinski definition) is 0. The Morgan fingerprint density at radius 3 is 2.92 bits per heavy atom. The zero-order valence-corrected chi connectivity index (χ0v) is 15.6. The molecule has 3 heterocycles. The summed E-state index contributed by atoms with van der Waals surface area (Å²) in [4.78, 5) is 18.5. The molecule has 10 heteroatoms. The van der Waals surface area contributed by atoms with E-state index in [-0.39, 0.29) is 16.7 Å². The van der Waals surface area contributed by atoms with Crippen LogP contribution in [-0.4, -0.2) is 34.4 Å². The number of isocyanates is 1. The summed E-state index contributed by atoms with van der Waals surface area (Å²) in [5, 5.41) is 2.38. The molecule has 0 saturated carbocycles. The number of para-hydroxylation sites is 1. The first-order chi connectivity index (χ1) is 12.5. The molecule has 0 amide bonds. The topological polar surface area (TPSA) is 85.8 Å². The monoisotopic (exact) mass is 406 g/mol. The van der Waals surface area contributed by atoms with E-state index in [1.165, 1.54) is 25.8 Å². The van der Waals surface area contributed by atoms with E-state index < -0.39 is 10.0 Å². The minimum atomic E-state index is -3.98. The number of rotatable bonds is 5. The molecule has 0 fully saturated rings. The molecule has 0 unspecified atom stereocenters. The van der Waals surface area contributed by atoms with E-state index in [1.54, 1.807) is 29.9 Å². The van der Waals surface area contributed by atoms with E-state index >= 15 is 0 Å². The lowest BCUT2D eigenvalue weighted by molar-refractivity contribution is 0.563. The van der Waals surface area contributed by atoms with Crippen molar-refractivity contribution in [2.24, 2.45) is 4.99 Å². The van der Waals surface area contributed by atoms with Gasteiger partial charge in [0.2, 0.25) is 11.1 Å². The van der Waals surface area contributed by atoms with Crippen LogP contribution in [0.15, 0.2) is 52.1 Å². The number of nitrogens with zero attached hydrogens (tertiary/aromatic N) is 4. The molecule has 4 rings (SSSR count). The predicted molar refractivity (Wildman–Crippen MR) is 99.3 cm³/mol. The number of aliphatic imine (C=N–C) groups is 1. The van der Waals surface area contributed by atoms with Crippen LogP contribution in [-0.2, 0) is 21.2 Å². The third-order valence-corrected chi connectivity index (χ3v) is 6.83. The van der Waals surface area contributed by atoms with Crippen LogP contribution in [0.3, 0.4) is 0 Å². The van der Waals surface area contributed by atoms with Crippen molar-refractivity contribution < 1.29 is 13.2 Å². The lowest BCUT2D eigenvalue weighted by atomic mass is 10.1. The highest BCUT2D eigenvalue weighted by Gasteiger charge is 2.28. The summed E-state index contributed by atoms with van der Waals surface area (Å²) in [6.07, 6.45) is 5.08. The summed E-state index contributed by atoms with van der Waals surface area (Å²) in [6, 6.07) is 7.15. The molecular formula is C16H11ClN4O3S2. The largest absolute Gasteiger partial charge is 0.287 e. The van der Waals surface area contributed by atoms with Gasteiger partial charge in [-0.1, -0.05) is 29.8 Å². The summed E-state index contributed by atoms with van der Waals surface area (Å²) in [7, 11) is -3.98. The fraction of sp³-hybridized carbons (Fsp3) is 0.125. The second-order valence-corrected chi connectivity index (χ2v) is 8.42. The first-order valence-electron chi connectivity index (χ1n) is 7.53. The van der Waals surface area contributed by atoms with E-state index in [4.69, 9.17) is 11.6 Å². The van der Waals surface area contributed by atoms with Crippen molar-refractivity contribution in [1.29, 1.82) is 0 Å². The van der Waals surface area contributed by atoms with Gasteiger partial charge in [0.25, 0.3) is 10.0 Å². The SMILES string of the molecule is O=C=NCCc1cn(S(=O)(=O)c2c(Cl)nc3sccn23)c2ccccc12. The average molecular weight is 407 g/mol. The molecule has 0 saturated heterocycles. The van der Waals surface area contributed by atoms with E-state index in [0.717, 1.165) is 10.9 Å². The Morgan fingerprint density at radius 1 is 1.31 bits per heavy atom. The molecule has 0 N–H and O–H groups in total. The normalized spacial score (nSPS) is 11.9. The van der Waals surface area contributed by atoms with Gasteiger partial charge in [-0.05, 0) is 18.1 Å². The quantitative estimate of drug-likeness (QED) is 0.376. The molecule has 7 nitrogen and oxygen atoms in total. The lowest BCUT2D eigenvalue weighted by Crippen LogP contribution is -2.14. The van der Waals surface area contributed by atoms with Crippen LogP contribution in [0.4, 0.5) is 0 Å². The van der Waals surface area contributed by atoms with Gasteiger partial charge in [-0.15, -0.1) is 11.3 Å². The smallest absolute Gasteiger partial charge is 0.278 e. The molecule has 3 aromatic heterocycles. The van der Waals surface area contributed by atoms with Gasteiger partial charge in [-0.25, -0.2) is 18.7 Å². The maximum atomic E-state index is 13.3. The molecule has 26 heavy (non-hydrogen) atoms. The minimum absolute atomic E-state index is 0.0678. The van der Waals surface area contributed by atoms with E-state index in [2.05, 4.69) is 9.98 Å². The summed E-state index contributed by atoms with van der Waals surface area (Å²) in [5.74, 6) is 0. The van der Waals surface area contributed by atoms with Crippen molar-refractivity contribution in [3.63, 3.8) is 0 Å². The van der Waals surface area contributed by atoms with Crippen LogP contribution < -0.4 is 0 Å². The zero-order chi connectivity index (χ0) is 18.3. The van der Waals surface area contributed by atoms with Gasteiger partial charge < -0.3 is 0 Å². The van der Waals surface area contributed by atoms with Gasteiger partial charge in [0, 0.05) is 23.2 Å². The maximum Gasteiger partial charge on any atom is 0.287 e. The van der Waals surface area contributed by atoms with Crippen molar-refractivity contribution in [3.05, 3.63) is 52.8 Å². The second kappa shape index (κ2) is 6.37. The molecule has 1 aromatic carbocycles. The van der Waals surface area contributed by atoms with Crippen molar-refractivity contribution in [1.82, 2.24) is 13.4 Å². The molecule has 4 aromatic rings. The highest BCUT2D eigenvalue weighted by molar-refractivity contribution is 7.90. The van der Waals surface area contributed by atoms with E-state index in [1.807, 2.05) is 12.1 Å². The number of thiazole rings is 1. The molecule has 0 aliphatic heterocycles. The van der Waals surface area contributed by atoms with Gasteiger partial charge in [0.1, 0.15) is 0 Å². The Bertz CT molecular complexity index is 1280. The fourth-order valence-corrected chi connectivity index (χ4v) is 5.71. The van der Waals surface area contributed by atoms with Crippen LogP contribution in [0.1, 0.15) is 5.56 Å². The van der Waals surface area contributed by atoms with Gasteiger partial charge in [-0.3, -0.25) is 4.40 Å². The molecular weight excluding hydrogens is 396 g/mol. The summed E-state index contributed by atoms with van der Waals surface area (Å²) >= 11 is 7.43. The third kappa shape index (κ3) is 2.57. The van der Waals surface area contributed by atoms with Gasteiger partial charge >= 0.3 is 0 Å². The minimum Gasteiger partial charge on any atom is -0.278 e. The first kappa shape index (κ1) is 17.0. The van der Waals surface area contributed by atoms with Gasteiger partial charge in [-0.2, -0.15) is 8.42 Å². The van der Waals surface area contributed by atoms with Gasteiger partial charge in [0.05, 0.1) is 12.1 Å². The molecule has 0 aliphatic carbocycles. The van der Waals surface area contributed by atoms with Crippen LogP contribution in [0, 0.1) is 0 Å². The second-order valence-electron chi connectivity index (χ2n) is 5.46. The molecule has 0 atom stereocenters. The maximum absolute atomic E-state index is 13.3. The van der Waals surface area contributed by atoms with Crippen LogP contribution in [0.5, 0.6) is 0 Å². The van der Waals surface area contributed by atoms with Crippen molar-refractivity contribution in [2.45, 2.75) is 11.4 Å². The highest BCUT2D eigenvalue weighted by Crippen LogP contribution is 2.31. The van der Waals surface area contributed by atoms with Crippen molar-refractivity contribution in [2.75, 3.05) is 6.54 Å². The van der Waals surface area contributed by atoms with Crippen molar-refractivity contribution >= 4 is 54.9 Å². The van der Waals surface area contributed by atoms with Gasteiger partial charge in [0.15, 0.2) is 10.1 Å². The molecule has 0 bridgehead atoms. The number of benzene rings is 1. The highest BCUT2D eigenvalue weighted by atomic mass is 35.5. The Morgan fingerprint density at radius 2 is 2.12 bits per heavy atom. The Labute approximate surface area is 157 Å². The average Bonchev–Trinajstić information content (AvgIpc) is 3.28. The molecule has 0 aliphatic rings. The zero-order valence-electron chi connectivity index (χ0n) is 13.2. The summed E-state index contributed by atoms with van der Waals surface area (Å²) in [6.45, 7) is 0.236. The molecule has 0 radical (unpaired) electrons. The molecule has 0 spiro atoms. The number of carbonyl (C=O) groups excluding carboxylic acids is 1. The summed E-state index contributed by atoms with van der Waals surface area (Å²) < 4.78 is 29.3. The fourth-order valence-electron chi connectivity index (χ4n) is 2.90. The Hall–Kier alpha value is -2.45. The lowest BCUT2D eigenvalue weighted by Gasteiger charge is -2.06. The van der Waals surface area contributed by atoms with Crippen LogP contribution in [0.2, 0.25) is 5.15 Å². The number of imidazole rings is 1. The molecule has 132 valence electrons. The number of fused-ring (bicyclic) bond motifs is 2. The predicted octanol–water partition coefficient (Wildman–Crippen LogP) is 3.12. The number of aromatic nitrogens is 3. The number of hydrogen-bond acceptors (Lipinski definition) is 6. The summed E-state index contributed by atoms with van der Waals surface area (Å²) in [5.41, 5.74) is 1.30. The van der Waals surface area contributed by atoms with Crippen LogP contribution in [0.25, 0.3) is 15.9 Å². The van der Waals surface area contributed by atoms with Crippen LogP contribution >= 0.6 is 22.9 Å².